The summed E-state index contributed by atoms with van der Waals surface area (Å²) in [6.07, 6.45) is 1.16. The predicted molar refractivity (Wildman–Crippen MR) is 110 cm³/mol. The lowest BCUT2D eigenvalue weighted by Gasteiger charge is -2.13. The molecule has 156 valence electrons. The second kappa shape index (κ2) is 9.78. The van der Waals surface area contributed by atoms with Crippen molar-refractivity contribution in [3.63, 3.8) is 0 Å². The fourth-order valence-electron chi connectivity index (χ4n) is 2.82. The highest BCUT2D eigenvalue weighted by Gasteiger charge is 2.14. The van der Waals surface area contributed by atoms with Crippen LogP contribution < -0.4 is 10.6 Å². The lowest BCUT2D eigenvalue weighted by atomic mass is 10.1. The van der Waals surface area contributed by atoms with Crippen LogP contribution in [0.1, 0.15) is 42.9 Å². The Hall–Kier alpha value is -3.55. The molecule has 0 aliphatic rings. The number of nitrogens with one attached hydrogen (secondary N) is 2. The Morgan fingerprint density at radius 1 is 1.10 bits per heavy atom. The molecule has 0 unspecified atom stereocenters. The number of aromatic nitrogens is 2. The van der Waals surface area contributed by atoms with Crippen molar-refractivity contribution in [2.24, 2.45) is 0 Å². The smallest absolute Gasteiger partial charge is 0.253 e. The third-order valence-corrected chi connectivity index (χ3v) is 4.23. The monoisotopic (exact) mass is 410 g/mol. The standard InChI is InChI=1S/C22H23FN4O3/c1-14(2)24-22(29)17-6-3-4-7-18(17)25-19(28)8-5-9-20-26-21(27-30-20)15-10-12-16(23)13-11-15/h3-4,6-7,10-14H,5,8-9H2,1-2H3,(H,24,29)(H,25,28). The van der Waals surface area contributed by atoms with Crippen LogP contribution in [-0.4, -0.2) is 28.0 Å². The van der Waals surface area contributed by atoms with E-state index >= 15 is 0 Å². The van der Waals surface area contributed by atoms with Gasteiger partial charge >= 0.3 is 0 Å². The first-order valence-electron chi connectivity index (χ1n) is 9.70. The van der Waals surface area contributed by atoms with Gasteiger partial charge in [0.05, 0.1) is 11.3 Å². The van der Waals surface area contributed by atoms with Crippen molar-refractivity contribution < 1.29 is 18.5 Å². The van der Waals surface area contributed by atoms with Crippen molar-refractivity contribution in [1.82, 2.24) is 15.5 Å². The number of rotatable bonds is 8. The third-order valence-electron chi connectivity index (χ3n) is 4.23. The van der Waals surface area contributed by atoms with Crippen LogP contribution in [-0.2, 0) is 11.2 Å². The number of anilines is 1. The average molecular weight is 410 g/mol. The molecule has 2 aromatic carbocycles. The molecule has 30 heavy (non-hydrogen) atoms. The fourth-order valence-corrected chi connectivity index (χ4v) is 2.82. The van der Waals surface area contributed by atoms with E-state index in [2.05, 4.69) is 20.8 Å². The Balaban J connectivity index is 1.52. The van der Waals surface area contributed by atoms with Crippen LogP contribution in [0.2, 0.25) is 0 Å². The molecule has 2 amide bonds. The molecule has 8 heteroatoms. The van der Waals surface area contributed by atoms with Crippen LogP contribution in [0.15, 0.2) is 53.1 Å². The van der Waals surface area contributed by atoms with Gasteiger partial charge in [-0.15, -0.1) is 0 Å². The molecule has 3 aromatic rings. The maximum atomic E-state index is 13.0. The van der Waals surface area contributed by atoms with Crippen molar-refractivity contribution in [1.29, 1.82) is 0 Å². The molecule has 0 radical (unpaired) electrons. The van der Waals surface area contributed by atoms with Crippen molar-refractivity contribution in [3.05, 3.63) is 65.8 Å². The molecule has 2 N–H and O–H groups in total. The molecule has 0 saturated carbocycles. The van der Waals surface area contributed by atoms with E-state index in [1.165, 1.54) is 12.1 Å². The molecule has 0 aliphatic heterocycles. The van der Waals surface area contributed by atoms with Crippen molar-refractivity contribution >= 4 is 17.5 Å². The average Bonchev–Trinajstić information content (AvgIpc) is 3.17. The number of amides is 2. The van der Waals surface area contributed by atoms with Crippen LogP contribution in [0, 0.1) is 5.82 Å². The molecule has 3 rings (SSSR count). The molecule has 0 bridgehead atoms. The molecule has 0 fully saturated rings. The van der Waals surface area contributed by atoms with Crippen LogP contribution >= 0.6 is 0 Å². The van der Waals surface area contributed by atoms with E-state index in [0.29, 0.717) is 41.4 Å². The molecular formula is C22H23FN4O3. The maximum absolute atomic E-state index is 13.0. The largest absolute Gasteiger partial charge is 0.350 e. The van der Waals surface area contributed by atoms with Gasteiger partial charge in [0.1, 0.15) is 5.82 Å². The summed E-state index contributed by atoms with van der Waals surface area (Å²) in [4.78, 5) is 28.9. The first kappa shape index (κ1) is 21.2. The number of benzene rings is 2. The molecule has 7 nitrogen and oxygen atoms in total. The zero-order chi connectivity index (χ0) is 21.5. The summed E-state index contributed by atoms with van der Waals surface area (Å²) in [5, 5.41) is 9.49. The quantitative estimate of drug-likeness (QED) is 0.586. The Kier molecular flexibility index (Phi) is 6.90. The Bertz CT molecular complexity index is 1020. The summed E-state index contributed by atoms with van der Waals surface area (Å²) in [6.45, 7) is 3.75. The normalized spacial score (nSPS) is 10.8. The van der Waals surface area contributed by atoms with Gasteiger partial charge in [-0.05, 0) is 56.7 Å². The summed E-state index contributed by atoms with van der Waals surface area (Å²) in [5.74, 6) is -0.00623. The minimum atomic E-state index is -0.336. The van der Waals surface area contributed by atoms with E-state index in [4.69, 9.17) is 4.52 Å². The zero-order valence-corrected chi connectivity index (χ0v) is 16.8. The molecule has 1 aromatic heterocycles. The number of aryl methyl sites for hydroxylation is 1. The number of para-hydroxylation sites is 1. The summed E-state index contributed by atoms with van der Waals surface area (Å²) in [7, 11) is 0. The highest BCUT2D eigenvalue weighted by Crippen LogP contribution is 2.18. The highest BCUT2D eigenvalue weighted by molar-refractivity contribution is 6.03. The topological polar surface area (TPSA) is 97.1 Å². The van der Waals surface area contributed by atoms with Gasteiger partial charge in [0.2, 0.25) is 17.6 Å². The number of carbonyl (C=O) groups excluding carboxylic acids is 2. The van der Waals surface area contributed by atoms with E-state index in [1.54, 1.807) is 36.4 Å². The van der Waals surface area contributed by atoms with Crippen molar-refractivity contribution in [2.45, 2.75) is 39.2 Å². The summed E-state index contributed by atoms with van der Waals surface area (Å²) in [5.41, 5.74) is 1.54. The number of hydrogen-bond acceptors (Lipinski definition) is 5. The van der Waals surface area contributed by atoms with Crippen LogP contribution in [0.5, 0.6) is 0 Å². The van der Waals surface area contributed by atoms with Crippen molar-refractivity contribution in [2.75, 3.05) is 5.32 Å². The minimum absolute atomic E-state index is 0.00420. The minimum Gasteiger partial charge on any atom is -0.350 e. The highest BCUT2D eigenvalue weighted by atomic mass is 19.1. The Morgan fingerprint density at radius 3 is 2.57 bits per heavy atom. The second-order valence-electron chi connectivity index (χ2n) is 7.09. The lowest BCUT2D eigenvalue weighted by Crippen LogP contribution is -2.31. The fraction of sp³-hybridized carbons (Fsp3) is 0.273. The number of nitrogens with zero attached hydrogens (tertiary/aromatic N) is 2. The van der Waals surface area contributed by atoms with Crippen LogP contribution in [0.3, 0.4) is 0 Å². The van der Waals surface area contributed by atoms with E-state index in [-0.39, 0.29) is 30.1 Å². The Morgan fingerprint density at radius 2 is 1.83 bits per heavy atom. The molecular weight excluding hydrogens is 387 g/mol. The van der Waals surface area contributed by atoms with Crippen LogP contribution in [0.4, 0.5) is 10.1 Å². The molecule has 0 atom stereocenters. The van der Waals surface area contributed by atoms with Gasteiger partial charge in [-0.3, -0.25) is 9.59 Å². The van der Waals surface area contributed by atoms with Gasteiger partial charge in [0.15, 0.2) is 0 Å². The first-order valence-corrected chi connectivity index (χ1v) is 9.70. The van der Waals surface area contributed by atoms with E-state index in [9.17, 15) is 14.0 Å². The van der Waals surface area contributed by atoms with Gasteiger partial charge in [0, 0.05) is 24.4 Å². The van der Waals surface area contributed by atoms with Crippen molar-refractivity contribution in [3.8, 4) is 11.4 Å². The zero-order valence-electron chi connectivity index (χ0n) is 16.8. The number of hydrogen-bond donors (Lipinski definition) is 2. The Labute approximate surface area is 173 Å². The number of halogens is 1. The SMILES string of the molecule is CC(C)NC(=O)c1ccccc1NC(=O)CCCc1nc(-c2ccc(F)cc2)no1. The van der Waals surface area contributed by atoms with Gasteiger partial charge in [-0.2, -0.15) is 4.98 Å². The molecule has 1 heterocycles. The third kappa shape index (κ3) is 5.73. The summed E-state index contributed by atoms with van der Waals surface area (Å²) < 4.78 is 18.2. The maximum Gasteiger partial charge on any atom is 0.253 e. The van der Waals surface area contributed by atoms with E-state index in [1.807, 2.05) is 13.8 Å². The summed E-state index contributed by atoms with van der Waals surface area (Å²) in [6, 6.07) is 12.7. The van der Waals surface area contributed by atoms with Gasteiger partial charge in [-0.25, -0.2) is 4.39 Å². The predicted octanol–water partition coefficient (Wildman–Crippen LogP) is 3.98. The van der Waals surface area contributed by atoms with E-state index < -0.39 is 0 Å². The first-order chi connectivity index (χ1) is 14.4. The second-order valence-corrected chi connectivity index (χ2v) is 7.09. The van der Waals surface area contributed by atoms with E-state index in [0.717, 1.165) is 0 Å². The number of carbonyl (C=O) groups is 2. The van der Waals surface area contributed by atoms with Gasteiger partial charge < -0.3 is 15.2 Å². The molecule has 0 spiro atoms. The van der Waals surface area contributed by atoms with Gasteiger partial charge in [0.25, 0.3) is 5.91 Å². The summed E-state index contributed by atoms with van der Waals surface area (Å²) >= 11 is 0. The lowest BCUT2D eigenvalue weighted by molar-refractivity contribution is -0.116. The molecule has 0 aliphatic carbocycles. The van der Waals surface area contributed by atoms with Crippen LogP contribution in [0.25, 0.3) is 11.4 Å². The van der Waals surface area contributed by atoms with Gasteiger partial charge in [-0.1, -0.05) is 17.3 Å². The molecule has 0 saturated heterocycles.